The van der Waals surface area contributed by atoms with Crippen LogP contribution in [0.3, 0.4) is 0 Å². The summed E-state index contributed by atoms with van der Waals surface area (Å²) in [5, 5.41) is 49.9. The third kappa shape index (κ3) is 5.29. The van der Waals surface area contributed by atoms with Crippen molar-refractivity contribution in [2.75, 3.05) is 32.5 Å². The smallest absolute Gasteiger partial charge is 0.508 e. The third-order valence-corrected chi connectivity index (χ3v) is 7.89. The standard InChI is InChI=1S/C27H31F3N4O9/c1-4-5-32-9-15(35)33-13-8-14(43-27(28,29)30)11-6-10-7-12-19(34(2)3)22(38)18(25(31)41)24(40)26(12,42)23(39)16(10)21(37)17(11)20(13)36/h8,10,12,19,32,36-37,40,42H,4-7,9H2,1-3H3,(H2,31,41)(H,33,35)/t10-,12-,19-,26-/m0/s1. The number of aromatic hydroxyl groups is 1. The van der Waals surface area contributed by atoms with E-state index in [0.29, 0.717) is 13.0 Å². The molecule has 0 saturated heterocycles. The van der Waals surface area contributed by atoms with Crippen molar-refractivity contribution in [3.63, 3.8) is 0 Å². The van der Waals surface area contributed by atoms with E-state index in [4.69, 9.17) is 5.73 Å². The van der Waals surface area contributed by atoms with Crippen LogP contribution in [-0.2, 0) is 25.6 Å². The molecule has 13 nitrogen and oxygen atoms in total. The van der Waals surface area contributed by atoms with Gasteiger partial charge in [0.1, 0.15) is 22.8 Å². The molecular formula is C27H31F3N4O9. The first-order chi connectivity index (χ1) is 19.9. The molecule has 1 aromatic rings. The van der Waals surface area contributed by atoms with Crippen molar-refractivity contribution < 1.29 is 57.5 Å². The molecule has 234 valence electrons. The summed E-state index contributed by atoms with van der Waals surface area (Å²) in [6.07, 6.45) is -5.33. The Kier molecular flexibility index (Phi) is 8.25. The number of nitrogens with one attached hydrogen (secondary N) is 2. The zero-order valence-electron chi connectivity index (χ0n) is 23.3. The highest BCUT2D eigenvalue weighted by Crippen LogP contribution is 2.55. The summed E-state index contributed by atoms with van der Waals surface area (Å²) >= 11 is 0. The number of fused-ring (bicyclic) bond motifs is 3. The van der Waals surface area contributed by atoms with Crippen LogP contribution in [0.1, 0.15) is 30.9 Å². The van der Waals surface area contributed by atoms with E-state index in [9.17, 15) is 52.8 Å². The minimum atomic E-state index is -5.23. The molecule has 3 aliphatic carbocycles. The van der Waals surface area contributed by atoms with Crippen molar-refractivity contribution in [1.82, 2.24) is 10.2 Å². The first kappa shape index (κ1) is 31.8. The Balaban J connectivity index is 1.92. The zero-order chi connectivity index (χ0) is 32.2. The molecule has 3 aliphatic rings. The summed E-state index contributed by atoms with van der Waals surface area (Å²) in [4.78, 5) is 52.8. The normalized spacial score (nSPS) is 25.3. The van der Waals surface area contributed by atoms with E-state index < -0.39 is 105 Å². The molecule has 0 unspecified atom stereocenters. The summed E-state index contributed by atoms with van der Waals surface area (Å²) in [5.74, 6) is -11.1. The Labute approximate surface area is 242 Å². The topological polar surface area (TPSA) is 212 Å². The molecule has 0 radical (unpaired) electrons. The number of hydrogen-bond acceptors (Lipinski definition) is 11. The number of ether oxygens (including phenoxy) is 1. The largest absolute Gasteiger partial charge is 0.573 e. The first-order valence-electron chi connectivity index (χ1n) is 13.3. The minimum absolute atomic E-state index is 0.262. The average molecular weight is 613 g/mol. The Morgan fingerprint density at radius 2 is 1.86 bits per heavy atom. The lowest BCUT2D eigenvalue weighted by atomic mass is 9.57. The summed E-state index contributed by atoms with van der Waals surface area (Å²) in [7, 11) is 2.82. The molecule has 1 aromatic carbocycles. The van der Waals surface area contributed by atoms with Gasteiger partial charge in [0, 0.05) is 23.1 Å². The molecular weight excluding hydrogens is 581 g/mol. The molecule has 16 heteroatoms. The second-order valence-corrected chi connectivity index (χ2v) is 10.9. The van der Waals surface area contributed by atoms with Gasteiger partial charge in [-0.15, -0.1) is 13.2 Å². The number of halogens is 3. The number of nitrogens with two attached hydrogens (primary N) is 1. The van der Waals surface area contributed by atoms with Crippen LogP contribution in [0.5, 0.6) is 11.5 Å². The number of anilines is 1. The van der Waals surface area contributed by atoms with Crippen LogP contribution in [-0.4, -0.2) is 93.9 Å². The number of aliphatic hydroxyl groups is 3. The SMILES string of the molecule is CCCNCC(=O)Nc1cc(OC(F)(F)F)c2c(c1O)C(O)=C1C(=O)[C@]3(O)C(O)=C(C(N)=O)C(=O)[C@@H](N(C)C)[C@@H]3C[C@@H]1C2. The number of phenols is 1. The predicted octanol–water partition coefficient (Wildman–Crippen LogP) is 0.801. The molecule has 2 amide bonds. The predicted molar refractivity (Wildman–Crippen MR) is 143 cm³/mol. The molecule has 0 heterocycles. The molecule has 0 aromatic heterocycles. The summed E-state index contributed by atoms with van der Waals surface area (Å²) in [6.45, 7) is 2.03. The maximum Gasteiger partial charge on any atom is 0.573 e. The maximum absolute atomic E-state index is 13.9. The molecule has 43 heavy (non-hydrogen) atoms. The highest BCUT2D eigenvalue weighted by Gasteiger charge is 2.64. The van der Waals surface area contributed by atoms with Gasteiger partial charge in [-0.2, -0.15) is 0 Å². The van der Waals surface area contributed by atoms with Crippen molar-refractivity contribution in [1.29, 1.82) is 0 Å². The summed E-state index contributed by atoms with van der Waals surface area (Å²) in [5.41, 5.74) is -0.827. The van der Waals surface area contributed by atoms with E-state index in [0.717, 1.165) is 6.07 Å². The van der Waals surface area contributed by atoms with Crippen LogP contribution in [0.15, 0.2) is 23.0 Å². The molecule has 4 rings (SSSR count). The number of hydrogen-bond donors (Lipinski definition) is 7. The van der Waals surface area contributed by atoms with Crippen LogP contribution in [0.2, 0.25) is 0 Å². The van der Waals surface area contributed by atoms with Gasteiger partial charge in [0.25, 0.3) is 5.91 Å². The van der Waals surface area contributed by atoms with Gasteiger partial charge < -0.3 is 41.5 Å². The van der Waals surface area contributed by atoms with Gasteiger partial charge in [0.2, 0.25) is 11.7 Å². The fourth-order valence-corrected chi connectivity index (χ4v) is 6.16. The van der Waals surface area contributed by atoms with Gasteiger partial charge in [-0.1, -0.05) is 6.92 Å². The Bertz CT molecular complexity index is 1470. The number of nitrogens with zero attached hydrogens (tertiary/aromatic N) is 1. The number of primary amides is 1. The van der Waals surface area contributed by atoms with Gasteiger partial charge >= 0.3 is 6.36 Å². The van der Waals surface area contributed by atoms with Crippen LogP contribution in [0.25, 0.3) is 5.76 Å². The van der Waals surface area contributed by atoms with Gasteiger partial charge in [-0.3, -0.25) is 24.1 Å². The molecule has 0 spiro atoms. The highest BCUT2D eigenvalue weighted by molar-refractivity contribution is 6.24. The number of phenolic OH excluding ortho intramolecular Hbond substituents is 1. The maximum atomic E-state index is 13.9. The number of alkyl halides is 3. The second kappa shape index (κ2) is 11.2. The number of Topliss-reactive ketones (excluding diaryl/α,β-unsaturated/α-hetero) is 2. The zero-order valence-corrected chi connectivity index (χ0v) is 23.3. The number of likely N-dealkylation sites (N-methyl/N-ethyl adjacent to an activating group) is 1. The fraction of sp³-hybridized carbons (Fsp3) is 0.481. The van der Waals surface area contributed by atoms with E-state index in [1.165, 1.54) is 19.0 Å². The Hall–Kier alpha value is -4.15. The lowest BCUT2D eigenvalue weighted by Crippen LogP contribution is -2.65. The van der Waals surface area contributed by atoms with E-state index >= 15 is 0 Å². The Morgan fingerprint density at radius 3 is 2.42 bits per heavy atom. The number of aliphatic hydroxyl groups excluding tert-OH is 2. The number of amides is 2. The van der Waals surface area contributed by atoms with Gasteiger partial charge in [0.15, 0.2) is 17.1 Å². The van der Waals surface area contributed by atoms with Gasteiger partial charge in [0.05, 0.1) is 23.8 Å². The number of benzene rings is 1. The Morgan fingerprint density at radius 1 is 1.21 bits per heavy atom. The number of rotatable bonds is 8. The van der Waals surface area contributed by atoms with Crippen molar-refractivity contribution in [2.24, 2.45) is 17.6 Å². The van der Waals surface area contributed by atoms with Gasteiger partial charge in [-0.25, -0.2) is 0 Å². The molecule has 8 N–H and O–H groups in total. The van der Waals surface area contributed by atoms with Crippen LogP contribution < -0.4 is 21.1 Å². The van der Waals surface area contributed by atoms with E-state index in [-0.39, 0.29) is 18.5 Å². The lowest BCUT2D eigenvalue weighted by Gasteiger charge is -2.50. The third-order valence-electron chi connectivity index (χ3n) is 7.89. The van der Waals surface area contributed by atoms with Crippen molar-refractivity contribution in [2.45, 2.75) is 44.2 Å². The van der Waals surface area contributed by atoms with Crippen LogP contribution in [0, 0.1) is 11.8 Å². The van der Waals surface area contributed by atoms with Crippen molar-refractivity contribution >= 4 is 34.8 Å². The second-order valence-electron chi connectivity index (χ2n) is 10.9. The molecule has 4 atom stereocenters. The van der Waals surface area contributed by atoms with E-state index in [2.05, 4.69) is 15.4 Å². The highest BCUT2D eigenvalue weighted by atomic mass is 19.4. The summed E-state index contributed by atoms with van der Waals surface area (Å²) < 4.78 is 44.5. The van der Waals surface area contributed by atoms with Crippen LogP contribution in [0.4, 0.5) is 18.9 Å². The van der Waals surface area contributed by atoms with Crippen LogP contribution >= 0.6 is 0 Å². The van der Waals surface area contributed by atoms with E-state index in [1.54, 1.807) is 0 Å². The van der Waals surface area contributed by atoms with E-state index in [1.807, 2.05) is 6.92 Å². The van der Waals surface area contributed by atoms with Gasteiger partial charge in [-0.05, 0) is 45.8 Å². The quantitative estimate of drug-likeness (QED) is 0.124. The molecule has 1 fully saturated rings. The minimum Gasteiger partial charge on any atom is -0.508 e. The number of carbonyl (C=O) groups is 4. The average Bonchev–Trinajstić information content (AvgIpc) is 2.87. The molecule has 1 saturated carbocycles. The fourth-order valence-electron chi connectivity index (χ4n) is 6.16. The summed E-state index contributed by atoms with van der Waals surface area (Å²) in [6, 6.07) is -0.630. The molecule has 0 aliphatic heterocycles. The number of carbonyl (C=O) groups excluding carboxylic acids is 4. The first-order valence-corrected chi connectivity index (χ1v) is 13.3. The van der Waals surface area contributed by atoms with Crippen molar-refractivity contribution in [3.05, 3.63) is 34.1 Å². The number of ketones is 2. The lowest BCUT2D eigenvalue weighted by molar-refractivity contribution is -0.275. The monoisotopic (exact) mass is 612 g/mol. The molecule has 0 bridgehead atoms. The van der Waals surface area contributed by atoms with Crippen molar-refractivity contribution in [3.8, 4) is 11.5 Å².